The molecule has 0 N–H and O–H groups in total. The summed E-state index contributed by atoms with van der Waals surface area (Å²) in [6.45, 7) is 0.605. The Kier molecular flexibility index (Phi) is 5.63. The largest absolute Gasteiger partial charge is 0.337 e. The van der Waals surface area contributed by atoms with Gasteiger partial charge in [-0.15, -0.1) is 0 Å². The van der Waals surface area contributed by atoms with Crippen LogP contribution in [0.4, 0.5) is 0 Å². The number of aromatic nitrogens is 1. The molecule has 0 radical (unpaired) electrons. The molecular weight excluding hydrogens is 252 g/mol. The van der Waals surface area contributed by atoms with E-state index >= 15 is 0 Å². The standard InChI is InChI=1S/C12H11ClN4O/c13-11-9-10(3-6-16-11)12(18)17(7-1-4-14)8-2-5-15/h3,6,9H,1-2,7-8H2. The van der Waals surface area contributed by atoms with Crippen molar-refractivity contribution in [1.82, 2.24) is 9.88 Å². The Morgan fingerprint density at radius 3 is 2.44 bits per heavy atom. The van der Waals surface area contributed by atoms with Gasteiger partial charge in [0.05, 0.1) is 25.0 Å². The molecule has 0 unspecified atom stereocenters. The van der Waals surface area contributed by atoms with E-state index < -0.39 is 0 Å². The third kappa shape index (κ3) is 4.04. The minimum atomic E-state index is -0.246. The first-order chi connectivity index (χ1) is 8.69. The highest BCUT2D eigenvalue weighted by molar-refractivity contribution is 6.29. The van der Waals surface area contributed by atoms with Gasteiger partial charge in [-0.3, -0.25) is 4.79 Å². The second kappa shape index (κ2) is 7.26. The first-order valence-corrected chi connectivity index (χ1v) is 5.71. The van der Waals surface area contributed by atoms with Gasteiger partial charge in [-0.1, -0.05) is 11.6 Å². The number of carbonyl (C=O) groups is 1. The third-order valence-electron chi connectivity index (χ3n) is 2.25. The molecule has 6 heteroatoms. The number of hydrogen-bond acceptors (Lipinski definition) is 4. The van der Waals surface area contributed by atoms with Crippen molar-refractivity contribution >= 4 is 17.5 Å². The van der Waals surface area contributed by atoms with Gasteiger partial charge in [-0.25, -0.2) is 4.98 Å². The molecule has 0 saturated carbocycles. The Hall–Kier alpha value is -2.11. The van der Waals surface area contributed by atoms with Crippen LogP contribution in [0.2, 0.25) is 5.15 Å². The number of halogens is 1. The van der Waals surface area contributed by atoms with Crippen LogP contribution >= 0.6 is 11.6 Å². The van der Waals surface area contributed by atoms with E-state index in [4.69, 9.17) is 22.1 Å². The zero-order valence-electron chi connectivity index (χ0n) is 9.64. The number of amides is 1. The summed E-state index contributed by atoms with van der Waals surface area (Å²) in [6, 6.07) is 6.98. The van der Waals surface area contributed by atoms with Crippen LogP contribution in [0.25, 0.3) is 0 Å². The molecule has 0 aliphatic rings. The van der Waals surface area contributed by atoms with Crippen molar-refractivity contribution in [2.24, 2.45) is 0 Å². The molecule has 0 spiro atoms. The van der Waals surface area contributed by atoms with E-state index in [1.807, 2.05) is 12.1 Å². The van der Waals surface area contributed by atoms with Crippen molar-refractivity contribution in [3.05, 3.63) is 29.0 Å². The lowest BCUT2D eigenvalue weighted by molar-refractivity contribution is 0.0762. The minimum Gasteiger partial charge on any atom is -0.337 e. The van der Waals surface area contributed by atoms with Gasteiger partial charge in [0.15, 0.2) is 0 Å². The van der Waals surface area contributed by atoms with Crippen LogP contribution in [-0.4, -0.2) is 28.9 Å². The third-order valence-corrected chi connectivity index (χ3v) is 2.45. The monoisotopic (exact) mass is 262 g/mol. The molecule has 92 valence electrons. The van der Waals surface area contributed by atoms with E-state index in [0.29, 0.717) is 18.7 Å². The molecule has 1 amide bonds. The van der Waals surface area contributed by atoms with Crippen LogP contribution < -0.4 is 0 Å². The number of nitrogens with zero attached hydrogens (tertiary/aromatic N) is 4. The van der Waals surface area contributed by atoms with E-state index in [9.17, 15) is 4.79 Å². The topological polar surface area (TPSA) is 80.8 Å². The first kappa shape index (κ1) is 14.0. The molecule has 1 rings (SSSR count). The van der Waals surface area contributed by atoms with Crippen LogP contribution in [0.1, 0.15) is 23.2 Å². The molecular formula is C12H11ClN4O. The Morgan fingerprint density at radius 2 is 1.94 bits per heavy atom. The first-order valence-electron chi connectivity index (χ1n) is 5.33. The number of pyridine rings is 1. The van der Waals surface area contributed by atoms with Crippen LogP contribution in [0.5, 0.6) is 0 Å². The van der Waals surface area contributed by atoms with Crippen molar-refractivity contribution in [3.8, 4) is 12.1 Å². The average molecular weight is 263 g/mol. The summed E-state index contributed by atoms with van der Waals surface area (Å²) in [5.41, 5.74) is 0.408. The molecule has 5 nitrogen and oxygen atoms in total. The van der Waals surface area contributed by atoms with E-state index in [1.54, 1.807) is 6.07 Å². The summed E-state index contributed by atoms with van der Waals surface area (Å²) in [4.78, 5) is 17.4. The summed E-state index contributed by atoms with van der Waals surface area (Å²) in [5.74, 6) is -0.246. The zero-order valence-corrected chi connectivity index (χ0v) is 10.4. The van der Waals surface area contributed by atoms with Gasteiger partial charge < -0.3 is 4.90 Å². The molecule has 1 aromatic rings. The van der Waals surface area contributed by atoms with E-state index in [2.05, 4.69) is 4.98 Å². The normalized spacial score (nSPS) is 9.28. The Bertz CT molecular complexity index is 486. The van der Waals surface area contributed by atoms with Crippen molar-refractivity contribution in [2.45, 2.75) is 12.8 Å². The lowest BCUT2D eigenvalue weighted by atomic mass is 10.2. The summed E-state index contributed by atoms with van der Waals surface area (Å²) in [6.07, 6.45) is 1.91. The van der Waals surface area contributed by atoms with E-state index in [1.165, 1.54) is 17.2 Å². The maximum absolute atomic E-state index is 12.1. The molecule has 0 saturated heterocycles. The van der Waals surface area contributed by atoms with Gasteiger partial charge in [0.25, 0.3) is 5.91 Å². The Morgan fingerprint density at radius 1 is 1.33 bits per heavy atom. The van der Waals surface area contributed by atoms with Crippen LogP contribution in [0, 0.1) is 22.7 Å². The van der Waals surface area contributed by atoms with Gasteiger partial charge in [-0.2, -0.15) is 10.5 Å². The maximum Gasteiger partial charge on any atom is 0.254 e. The average Bonchev–Trinajstić information content (AvgIpc) is 2.38. The molecule has 0 aliphatic carbocycles. The smallest absolute Gasteiger partial charge is 0.254 e. The van der Waals surface area contributed by atoms with E-state index in [0.717, 1.165) is 0 Å². The lowest BCUT2D eigenvalue weighted by Crippen LogP contribution is -2.32. The van der Waals surface area contributed by atoms with Crippen LogP contribution in [0.15, 0.2) is 18.3 Å². The summed E-state index contributed by atoms with van der Waals surface area (Å²) < 4.78 is 0. The highest BCUT2D eigenvalue weighted by Crippen LogP contribution is 2.10. The van der Waals surface area contributed by atoms with Crippen molar-refractivity contribution < 1.29 is 4.79 Å². The predicted molar refractivity (Wildman–Crippen MR) is 65.6 cm³/mol. The zero-order chi connectivity index (χ0) is 13.4. The fourth-order valence-corrected chi connectivity index (χ4v) is 1.58. The second-order valence-corrected chi connectivity index (χ2v) is 3.86. The fourth-order valence-electron chi connectivity index (χ4n) is 1.40. The van der Waals surface area contributed by atoms with Gasteiger partial charge in [0.2, 0.25) is 0 Å². The van der Waals surface area contributed by atoms with Crippen LogP contribution in [-0.2, 0) is 0 Å². The van der Waals surface area contributed by atoms with Crippen molar-refractivity contribution in [3.63, 3.8) is 0 Å². The molecule has 18 heavy (non-hydrogen) atoms. The molecule has 0 aromatic carbocycles. The number of nitriles is 2. The van der Waals surface area contributed by atoms with Crippen molar-refractivity contribution in [2.75, 3.05) is 13.1 Å². The Balaban J connectivity index is 2.81. The molecule has 1 aromatic heterocycles. The molecule has 0 fully saturated rings. The predicted octanol–water partition coefficient (Wildman–Crippen LogP) is 2.00. The molecule has 0 atom stereocenters. The Labute approximate surface area is 110 Å². The van der Waals surface area contributed by atoms with E-state index in [-0.39, 0.29) is 23.9 Å². The molecule has 1 heterocycles. The van der Waals surface area contributed by atoms with Gasteiger partial charge in [0, 0.05) is 24.8 Å². The van der Waals surface area contributed by atoms with Gasteiger partial charge in [-0.05, 0) is 12.1 Å². The lowest BCUT2D eigenvalue weighted by Gasteiger charge is -2.20. The molecule has 0 aliphatic heterocycles. The van der Waals surface area contributed by atoms with Gasteiger partial charge in [0.1, 0.15) is 5.15 Å². The molecule has 0 bridgehead atoms. The number of carbonyl (C=O) groups excluding carboxylic acids is 1. The number of rotatable bonds is 5. The summed E-state index contributed by atoms with van der Waals surface area (Å²) >= 11 is 5.72. The second-order valence-electron chi connectivity index (χ2n) is 3.48. The van der Waals surface area contributed by atoms with Crippen LogP contribution in [0.3, 0.4) is 0 Å². The maximum atomic E-state index is 12.1. The number of hydrogen-bond donors (Lipinski definition) is 0. The quantitative estimate of drug-likeness (QED) is 0.760. The summed E-state index contributed by atoms with van der Waals surface area (Å²) in [7, 11) is 0. The highest BCUT2D eigenvalue weighted by atomic mass is 35.5. The van der Waals surface area contributed by atoms with Gasteiger partial charge >= 0.3 is 0 Å². The fraction of sp³-hybridized carbons (Fsp3) is 0.333. The summed E-state index contributed by atoms with van der Waals surface area (Å²) in [5, 5.41) is 17.3. The highest BCUT2D eigenvalue weighted by Gasteiger charge is 2.15. The van der Waals surface area contributed by atoms with Crippen molar-refractivity contribution in [1.29, 1.82) is 10.5 Å². The SMILES string of the molecule is N#CCCN(CCC#N)C(=O)c1ccnc(Cl)c1. The minimum absolute atomic E-state index is 0.232.